The standard InChI is InChI=1S/C45H65N7O9/c1-12-24(5)38-42(57)48-29(10)45(60)61-39(25(6)13-2)27(8)35(53)18-17-26(7)40(55)49-32(19-23(3)4)41(56)47-28(9)43(58)52-33-16-14-15-31-37(33)30(21-46-31)20-34(52)44(59)51(11)22-36(54)50-38/h13-17,21,23-24,27-29,32,34-35,38-39,46,53H,12,18-20,22H2,1-11H3,(H,47,56)(H,48,57)(H,49,55)(H,50,54)/b25-13+,26-17+/t24?,27-,28-,29+,32+,34+,35-,38-,39+/m0/s1. The maximum atomic E-state index is 14.5. The molecule has 4 rings (SSSR count). The number of carbonyl (C=O) groups is 7. The number of hydrogen-bond acceptors (Lipinski definition) is 9. The number of carbonyl (C=O) groups excluding carboxylic acids is 7. The summed E-state index contributed by atoms with van der Waals surface area (Å²) in [5, 5.41) is 23.0. The van der Waals surface area contributed by atoms with E-state index >= 15 is 0 Å². The van der Waals surface area contributed by atoms with Crippen LogP contribution >= 0.6 is 0 Å². The SMILES string of the molecule is C/C=C(\C)[C@H]1OC(=O)[C@@H](C)NC(=O)[C@H](C(C)CC)NC(=O)CN(C)C(=O)[C@H]2Cc3c[nH]c4cccc(c34)N2C(=O)[C@H](C)NC(=O)[C@@H](CC(C)C)NC(=O)/C(C)=C/C[C@H](O)[C@@H]1C. The number of aliphatic hydroxyl groups excluding tert-OH is 1. The van der Waals surface area contributed by atoms with Crippen LogP contribution in [0.4, 0.5) is 5.69 Å². The summed E-state index contributed by atoms with van der Waals surface area (Å²) in [4.78, 5) is 103. The van der Waals surface area contributed by atoms with Crippen molar-refractivity contribution in [2.45, 2.75) is 137 Å². The zero-order valence-electron chi connectivity index (χ0n) is 37.4. The van der Waals surface area contributed by atoms with Crippen molar-refractivity contribution in [3.63, 3.8) is 0 Å². The quantitative estimate of drug-likeness (QED) is 0.192. The summed E-state index contributed by atoms with van der Waals surface area (Å²) < 4.78 is 5.89. The minimum atomic E-state index is -1.15. The first-order chi connectivity index (χ1) is 28.7. The molecule has 2 aliphatic rings. The van der Waals surface area contributed by atoms with Crippen LogP contribution in [0.1, 0.15) is 94.1 Å². The van der Waals surface area contributed by atoms with Crippen molar-refractivity contribution >= 4 is 58.0 Å². The number of fused-ring (bicyclic) bond motifs is 2. The Hall–Kier alpha value is -5.51. The Kier molecular flexibility index (Phi) is 16.5. The first-order valence-electron chi connectivity index (χ1n) is 21.3. The van der Waals surface area contributed by atoms with Gasteiger partial charge in [0.05, 0.1) is 18.3 Å². The van der Waals surface area contributed by atoms with Crippen LogP contribution in [-0.2, 0) is 44.7 Å². The summed E-state index contributed by atoms with van der Waals surface area (Å²) >= 11 is 0. The molecule has 0 bridgehead atoms. The highest BCUT2D eigenvalue weighted by Crippen LogP contribution is 2.37. The number of H-pyrrole nitrogens is 1. The Labute approximate surface area is 358 Å². The average Bonchev–Trinajstić information content (AvgIpc) is 3.64. The molecule has 334 valence electrons. The van der Waals surface area contributed by atoms with E-state index in [0.29, 0.717) is 17.7 Å². The van der Waals surface area contributed by atoms with E-state index in [4.69, 9.17) is 4.74 Å². The molecular formula is C45H65N7O9. The van der Waals surface area contributed by atoms with Crippen molar-refractivity contribution in [1.29, 1.82) is 0 Å². The molecule has 1 unspecified atom stereocenters. The lowest BCUT2D eigenvalue weighted by Gasteiger charge is -2.38. The van der Waals surface area contributed by atoms with Gasteiger partial charge in [0, 0.05) is 42.1 Å². The number of likely N-dealkylation sites (N-methyl/N-ethyl adjacent to an activating group) is 1. The number of ether oxygens (including phenoxy) is 1. The number of aromatic nitrogens is 1. The summed E-state index contributed by atoms with van der Waals surface area (Å²) in [5.74, 6) is -5.34. The number of anilines is 1. The second kappa shape index (κ2) is 20.8. The van der Waals surface area contributed by atoms with Crippen molar-refractivity contribution < 1.29 is 43.4 Å². The number of esters is 1. The Morgan fingerprint density at radius 1 is 0.951 bits per heavy atom. The number of cyclic esters (lactones) is 1. The van der Waals surface area contributed by atoms with Gasteiger partial charge in [0.15, 0.2) is 0 Å². The first kappa shape index (κ1) is 48.2. The molecule has 2 aromatic rings. The molecule has 0 spiro atoms. The lowest BCUT2D eigenvalue weighted by Crippen LogP contribution is -2.60. The molecule has 61 heavy (non-hydrogen) atoms. The van der Waals surface area contributed by atoms with E-state index in [1.165, 1.54) is 30.7 Å². The molecule has 0 saturated carbocycles. The highest BCUT2D eigenvalue weighted by Gasteiger charge is 2.41. The van der Waals surface area contributed by atoms with Gasteiger partial charge >= 0.3 is 5.97 Å². The molecule has 3 heterocycles. The lowest BCUT2D eigenvalue weighted by atomic mass is 9.90. The number of aliphatic hydroxyl groups is 1. The predicted octanol–water partition coefficient (Wildman–Crippen LogP) is 3.18. The monoisotopic (exact) mass is 847 g/mol. The number of rotatable bonds is 5. The second-order valence-electron chi connectivity index (χ2n) is 17.1. The van der Waals surface area contributed by atoms with Crippen LogP contribution in [0, 0.1) is 17.8 Å². The van der Waals surface area contributed by atoms with E-state index in [1.807, 2.05) is 26.8 Å². The van der Waals surface area contributed by atoms with Gasteiger partial charge in [-0.15, -0.1) is 0 Å². The summed E-state index contributed by atoms with van der Waals surface area (Å²) in [6.07, 6.45) is 4.01. The van der Waals surface area contributed by atoms with Crippen LogP contribution in [0.25, 0.3) is 10.9 Å². The molecular weight excluding hydrogens is 783 g/mol. The van der Waals surface area contributed by atoms with Gasteiger partial charge in [0.1, 0.15) is 36.3 Å². The Morgan fingerprint density at radius 3 is 2.26 bits per heavy atom. The summed E-state index contributed by atoms with van der Waals surface area (Å²) in [6.45, 7) is 16.8. The Morgan fingerprint density at radius 2 is 1.62 bits per heavy atom. The van der Waals surface area contributed by atoms with Gasteiger partial charge in [-0.25, -0.2) is 4.79 Å². The number of nitrogens with zero attached hydrogens (tertiary/aromatic N) is 2. The van der Waals surface area contributed by atoms with Crippen LogP contribution in [0.2, 0.25) is 0 Å². The second-order valence-corrected chi connectivity index (χ2v) is 17.1. The van der Waals surface area contributed by atoms with Gasteiger partial charge in [-0.2, -0.15) is 0 Å². The fourth-order valence-corrected chi connectivity index (χ4v) is 7.74. The number of hydrogen-bond donors (Lipinski definition) is 6. The molecule has 0 aliphatic carbocycles. The van der Waals surface area contributed by atoms with E-state index in [-0.39, 0.29) is 36.7 Å². The van der Waals surface area contributed by atoms with E-state index in [9.17, 15) is 38.7 Å². The molecule has 16 heteroatoms. The van der Waals surface area contributed by atoms with Crippen molar-refractivity contribution in [1.82, 2.24) is 31.2 Å². The number of amides is 6. The number of nitrogens with one attached hydrogen (secondary N) is 5. The third-order valence-electron chi connectivity index (χ3n) is 11.9. The lowest BCUT2D eigenvalue weighted by molar-refractivity contribution is -0.154. The molecule has 1 aromatic carbocycles. The van der Waals surface area contributed by atoms with E-state index < -0.39 is 96.3 Å². The molecule has 6 amide bonds. The summed E-state index contributed by atoms with van der Waals surface area (Å²) in [7, 11) is 1.44. The molecule has 2 aliphatic heterocycles. The zero-order valence-corrected chi connectivity index (χ0v) is 37.4. The molecule has 9 atom stereocenters. The Balaban J connectivity index is 1.75. The third kappa shape index (κ3) is 11.5. The molecule has 1 aromatic heterocycles. The fraction of sp³-hybridized carbons (Fsp3) is 0.578. The highest BCUT2D eigenvalue weighted by molar-refractivity contribution is 6.12. The maximum Gasteiger partial charge on any atom is 0.328 e. The summed E-state index contributed by atoms with van der Waals surface area (Å²) in [5.41, 5.74) is 2.89. The maximum absolute atomic E-state index is 14.5. The largest absolute Gasteiger partial charge is 0.456 e. The van der Waals surface area contributed by atoms with Gasteiger partial charge < -0.3 is 41.0 Å². The van der Waals surface area contributed by atoms with E-state index in [1.54, 1.807) is 65.1 Å². The minimum absolute atomic E-state index is 0.0150. The normalized spacial score (nSPS) is 28.9. The minimum Gasteiger partial charge on any atom is -0.456 e. The van der Waals surface area contributed by atoms with Crippen molar-refractivity contribution in [3.05, 3.63) is 53.3 Å². The first-order valence-corrected chi connectivity index (χ1v) is 21.3. The number of allylic oxidation sites excluding steroid dienone is 1. The van der Waals surface area contributed by atoms with Crippen molar-refractivity contribution in [2.24, 2.45) is 17.8 Å². The van der Waals surface area contributed by atoms with Gasteiger partial charge in [-0.3, -0.25) is 33.7 Å². The van der Waals surface area contributed by atoms with Crippen LogP contribution in [0.3, 0.4) is 0 Å². The molecule has 16 nitrogen and oxygen atoms in total. The zero-order chi connectivity index (χ0) is 45.5. The topological polar surface area (TPSA) is 219 Å². The van der Waals surface area contributed by atoms with E-state index in [2.05, 4.69) is 26.3 Å². The van der Waals surface area contributed by atoms with Gasteiger partial charge in [-0.1, -0.05) is 59.3 Å². The third-order valence-corrected chi connectivity index (χ3v) is 11.9. The van der Waals surface area contributed by atoms with Crippen LogP contribution in [-0.4, -0.2) is 112 Å². The van der Waals surface area contributed by atoms with Crippen LogP contribution in [0.15, 0.2) is 47.7 Å². The van der Waals surface area contributed by atoms with Crippen LogP contribution < -0.4 is 26.2 Å². The van der Waals surface area contributed by atoms with E-state index in [0.717, 1.165) is 16.5 Å². The van der Waals surface area contributed by atoms with Crippen LogP contribution in [0.5, 0.6) is 0 Å². The molecule has 0 fully saturated rings. The predicted molar refractivity (Wildman–Crippen MR) is 232 cm³/mol. The van der Waals surface area contributed by atoms with Gasteiger partial charge in [0.25, 0.3) is 0 Å². The van der Waals surface area contributed by atoms with Gasteiger partial charge in [-0.05, 0) is 82.6 Å². The number of benzene rings is 1. The van der Waals surface area contributed by atoms with Crippen molar-refractivity contribution in [2.75, 3.05) is 18.5 Å². The molecule has 0 saturated heterocycles. The Bertz CT molecular complexity index is 2040. The molecule has 0 radical (unpaired) electrons. The summed E-state index contributed by atoms with van der Waals surface area (Å²) in [6, 6.07) is -0.174. The number of aromatic amines is 1. The van der Waals surface area contributed by atoms with Crippen molar-refractivity contribution in [3.8, 4) is 0 Å². The smallest absolute Gasteiger partial charge is 0.328 e. The molecule has 6 N–H and O–H groups in total. The van der Waals surface area contributed by atoms with Gasteiger partial charge in [0.2, 0.25) is 35.4 Å². The highest BCUT2D eigenvalue weighted by atomic mass is 16.5. The fourth-order valence-electron chi connectivity index (χ4n) is 7.74. The average molecular weight is 848 g/mol.